The van der Waals surface area contributed by atoms with Crippen LogP contribution in [-0.4, -0.2) is 24.2 Å². The van der Waals surface area contributed by atoms with Crippen LogP contribution in [0.5, 0.6) is 11.6 Å². The Labute approximate surface area is 112 Å². The number of benzene rings is 1. The lowest BCUT2D eigenvalue weighted by atomic mass is 10.1. The lowest BCUT2D eigenvalue weighted by molar-refractivity contribution is 0.186. The molecule has 100 valence electrons. The number of methoxy groups -OCH3 is 1. The first-order valence-electron chi connectivity index (χ1n) is 6.63. The van der Waals surface area contributed by atoms with E-state index in [1.54, 1.807) is 13.3 Å². The standard InChI is InChI=1S/C15H18N2O2/c1-18-11-6-5-10-7-8-17-15(12(10)9-11)19-14-4-2-3-13(14)16/h5-9,13-14H,2-4,16H2,1H3. The zero-order valence-electron chi connectivity index (χ0n) is 11.0. The lowest BCUT2D eigenvalue weighted by Crippen LogP contribution is -2.33. The van der Waals surface area contributed by atoms with Crippen molar-refractivity contribution in [2.75, 3.05) is 7.11 Å². The van der Waals surface area contributed by atoms with Crippen LogP contribution in [-0.2, 0) is 0 Å². The van der Waals surface area contributed by atoms with Gasteiger partial charge in [-0.1, -0.05) is 6.07 Å². The van der Waals surface area contributed by atoms with Crippen LogP contribution >= 0.6 is 0 Å². The summed E-state index contributed by atoms with van der Waals surface area (Å²) >= 11 is 0. The Morgan fingerprint density at radius 2 is 2.16 bits per heavy atom. The fourth-order valence-corrected chi connectivity index (χ4v) is 2.59. The van der Waals surface area contributed by atoms with Crippen LogP contribution < -0.4 is 15.2 Å². The lowest BCUT2D eigenvalue weighted by Gasteiger charge is -2.18. The van der Waals surface area contributed by atoms with Crippen molar-refractivity contribution in [3.8, 4) is 11.6 Å². The number of pyridine rings is 1. The molecule has 0 aliphatic heterocycles. The summed E-state index contributed by atoms with van der Waals surface area (Å²) in [5, 5.41) is 2.07. The molecule has 2 aromatic rings. The maximum atomic E-state index is 6.05. The molecule has 0 bridgehead atoms. The summed E-state index contributed by atoms with van der Waals surface area (Å²) < 4.78 is 11.3. The van der Waals surface area contributed by atoms with Crippen LogP contribution in [0.3, 0.4) is 0 Å². The molecule has 0 saturated heterocycles. The van der Waals surface area contributed by atoms with Crippen LogP contribution in [0.2, 0.25) is 0 Å². The second-order valence-electron chi connectivity index (χ2n) is 4.95. The summed E-state index contributed by atoms with van der Waals surface area (Å²) in [6.45, 7) is 0. The van der Waals surface area contributed by atoms with E-state index in [1.165, 1.54) is 0 Å². The number of ether oxygens (including phenoxy) is 2. The summed E-state index contributed by atoms with van der Waals surface area (Å²) in [7, 11) is 1.66. The molecule has 0 spiro atoms. The molecule has 2 atom stereocenters. The van der Waals surface area contributed by atoms with Crippen LogP contribution in [0.4, 0.5) is 0 Å². The molecule has 2 N–H and O–H groups in total. The van der Waals surface area contributed by atoms with Crippen molar-refractivity contribution in [3.63, 3.8) is 0 Å². The molecule has 2 unspecified atom stereocenters. The number of hydrogen-bond donors (Lipinski definition) is 1. The van der Waals surface area contributed by atoms with Gasteiger partial charge in [-0.25, -0.2) is 4.98 Å². The number of nitrogens with zero attached hydrogens (tertiary/aromatic N) is 1. The number of fused-ring (bicyclic) bond motifs is 1. The molecule has 4 heteroatoms. The van der Waals surface area contributed by atoms with Crippen LogP contribution in [0.25, 0.3) is 10.8 Å². The van der Waals surface area contributed by atoms with Crippen LogP contribution in [0.15, 0.2) is 30.5 Å². The van der Waals surface area contributed by atoms with Gasteiger partial charge in [0.1, 0.15) is 11.9 Å². The SMILES string of the molecule is COc1ccc2ccnc(OC3CCCC3N)c2c1. The normalized spacial score (nSPS) is 22.6. The van der Waals surface area contributed by atoms with Gasteiger partial charge in [-0.3, -0.25) is 0 Å². The van der Waals surface area contributed by atoms with Gasteiger partial charge in [0.25, 0.3) is 0 Å². The van der Waals surface area contributed by atoms with Gasteiger partial charge < -0.3 is 15.2 Å². The Hall–Kier alpha value is -1.81. The molecule has 3 rings (SSSR count). The first-order valence-corrected chi connectivity index (χ1v) is 6.63. The van der Waals surface area contributed by atoms with Gasteiger partial charge in [-0.15, -0.1) is 0 Å². The van der Waals surface area contributed by atoms with Crippen LogP contribution in [0.1, 0.15) is 19.3 Å². The van der Waals surface area contributed by atoms with E-state index in [-0.39, 0.29) is 12.1 Å². The van der Waals surface area contributed by atoms with E-state index in [2.05, 4.69) is 4.98 Å². The molecule has 1 aromatic carbocycles. The van der Waals surface area contributed by atoms with E-state index >= 15 is 0 Å². The molecule has 19 heavy (non-hydrogen) atoms. The quantitative estimate of drug-likeness (QED) is 0.919. The zero-order chi connectivity index (χ0) is 13.2. The van der Waals surface area contributed by atoms with E-state index < -0.39 is 0 Å². The first kappa shape index (κ1) is 12.2. The fourth-order valence-electron chi connectivity index (χ4n) is 2.59. The van der Waals surface area contributed by atoms with Crippen molar-refractivity contribution in [1.82, 2.24) is 4.98 Å². The average molecular weight is 258 g/mol. The highest BCUT2D eigenvalue weighted by Gasteiger charge is 2.26. The van der Waals surface area contributed by atoms with Crippen molar-refractivity contribution in [3.05, 3.63) is 30.5 Å². The van der Waals surface area contributed by atoms with E-state index in [0.717, 1.165) is 35.8 Å². The molecule has 0 amide bonds. The van der Waals surface area contributed by atoms with E-state index in [1.807, 2.05) is 24.3 Å². The second-order valence-corrected chi connectivity index (χ2v) is 4.95. The third-order valence-electron chi connectivity index (χ3n) is 3.70. The Balaban J connectivity index is 1.97. The highest BCUT2D eigenvalue weighted by Crippen LogP contribution is 2.30. The van der Waals surface area contributed by atoms with Gasteiger partial charge >= 0.3 is 0 Å². The predicted octanol–water partition coefficient (Wildman–Crippen LogP) is 2.50. The van der Waals surface area contributed by atoms with Crippen LogP contribution in [0, 0.1) is 0 Å². The fraction of sp³-hybridized carbons (Fsp3) is 0.400. The Bertz CT molecular complexity index is 585. The maximum Gasteiger partial charge on any atom is 0.221 e. The number of hydrogen-bond acceptors (Lipinski definition) is 4. The molecule has 1 aliphatic carbocycles. The number of nitrogens with two attached hydrogens (primary N) is 1. The Morgan fingerprint density at radius 1 is 1.26 bits per heavy atom. The summed E-state index contributed by atoms with van der Waals surface area (Å²) in [5.74, 6) is 1.46. The molecule has 1 saturated carbocycles. The molecule has 0 radical (unpaired) electrons. The summed E-state index contributed by atoms with van der Waals surface area (Å²) in [5.41, 5.74) is 6.05. The molecule has 1 fully saturated rings. The molecule has 1 aromatic heterocycles. The Kier molecular flexibility index (Phi) is 3.25. The smallest absolute Gasteiger partial charge is 0.221 e. The first-order chi connectivity index (χ1) is 9.28. The molecular formula is C15H18N2O2. The maximum absolute atomic E-state index is 6.05. The average Bonchev–Trinajstić information content (AvgIpc) is 2.84. The minimum absolute atomic E-state index is 0.0734. The van der Waals surface area contributed by atoms with Crippen molar-refractivity contribution < 1.29 is 9.47 Å². The van der Waals surface area contributed by atoms with E-state index in [0.29, 0.717) is 5.88 Å². The van der Waals surface area contributed by atoms with Gasteiger partial charge in [-0.2, -0.15) is 0 Å². The van der Waals surface area contributed by atoms with Crippen molar-refractivity contribution in [2.24, 2.45) is 5.73 Å². The van der Waals surface area contributed by atoms with E-state index in [9.17, 15) is 0 Å². The topological polar surface area (TPSA) is 57.4 Å². The third-order valence-corrected chi connectivity index (χ3v) is 3.70. The van der Waals surface area contributed by atoms with Crippen molar-refractivity contribution >= 4 is 10.8 Å². The highest BCUT2D eigenvalue weighted by molar-refractivity contribution is 5.87. The van der Waals surface area contributed by atoms with Crippen molar-refractivity contribution in [1.29, 1.82) is 0 Å². The molecule has 1 aliphatic rings. The Morgan fingerprint density at radius 3 is 2.89 bits per heavy atom. The predicted molar refractivity (Wildman–Crippen MR) is 74.5 cm³/mol. The minimum Gasteiger partial charge on any atom is -0.497 e. The largest absolute Gasteiger partial charge is 0.497 e. The summed E-state index contributed by atoms with van der Waals surface area (Å²) in [4.78, 5) is 4.35. The number of aromatic nitrogens is 1. The summed E-state index contributed by atoms with van der Waals surface area (Å²) in [6.07, 6.45) is 5.00. The molecule has 1 heterocycles. The highest BCUT2D eigenvalue weighted by atomic mass is 16.5. The van der Waals surface area contributed by atoms with E-state index in [4.69, 9.17) is 15.2 Å². The van der Waals surface area contributed by atoms with Gasteiger partial charge in [0.05, 0.1) is 7.11 Å². The van der Waals surface area contributed by atoms with Gasteiger partial charge in [0.15, 0.2) is 0 Å². The minimum atomic E-state index is 0.0734. The molecular weight excluding hydrogens is 240 g/mol. The number of rotatable bonds is 3. The van der Waals surface area contributed by atoms with Gasteiger partial charge in [-0.05, 0) is 42.8 Å². The van der Waals surface area contributed by atoms with Gasteiger partial charge in [0.2, 0.25) is 5.88 Å². The summed E-state index contributed by atoms with van der Waals surface area (Å²) in [6, 6.07) is 7.99. The monoisotopic (exact) mass is 258 g/mol. The zero-order valence-corrected chi connectivity index (χ0v) is 11.0. The van der Waals surface area contributed by atoms with Crippen molar-refractivity contribution in [2.45, 2.75) is 31.4 Å². The second kappa shape index (κ2) is 5.05. The van der Waals surface area contributed by atoms with Gasteiger partial charge in [0, 0.05) is 17.6 Å². The molecule has 4 nitrogen and oxygen atoms in total. The third kappa shape index (κ3) is 2.36.